The van der Waals surface area contributed by atoms with Crippen LogP contribution in [0.25, 0.3) is 0 Å². The van der Waals surface area contributed by atoms with Gasteiger partial charge >= 0.3 is 29.6 Å². The standard InChI is InChI=1S/C18H27N3O.C13H9NO5S.C7H6O5S.C6H4BrNO.C5H3Br2N.Na/c1-14-5-3-4-6-17(14)18(22)20-10-7-16(8-11-20)21-12-9-19-15(2)13-21;15-7-9-1-4-13(14-6-9)20(16,17)10-2-3-11-12(5-10)19-8-18-11;8-13(9,10)5-1-2-6-7(3-5)12-4-11-6;7-6-2-1-5(4-9)3-8-6;6-4-1-2-5(7)8-3-4;/h3-6,15-16,19H,7-13H2,1-2H3;1-7H,8H2;1-3H,4H2,(H,8,9,10);1-4H;1-3H;/q;;;;;+1/p-1/t15-;;;;;/m1...../s1. The maximum atomic E-state index is 12.7. The number of aldehydes is 2. The molecule has 73 heavy (non-hydrogen) atoms. The van der Waals surface area contributed by atoms with Crippen LogP contribution in [0.3, 0.4) is 0 Å². The number of likely N-dealkylation sites (tertiary alicyclic amines) is 1. The Morgan fingerprint density at radius 1 is 0.699 bits per heavy atom. The molecule has 3 aromatic carbocycles. The molecule has 2 saturated heterocycles. The van der Waals surface area contributed by atoms with Gasteiger partial charge in [0.1, 0.15) is 19.3 Å². The van der Waals surface area contributed by atoms with Crippen molar-refractivity contribution in [2.75, 3.05) is 46.3 Å². The van der Waals surface area contributed by atoms with Gasteiger partial charge in [-0.25, -0.2) is 31.8 Å². The third kappa shape index (κ3) is 17.5. The molecule has 1 atom stereocenters. The summed E-state index contributed by atoms with van der Waals surface area (Å²) in [5, 5.41) is 3.38. The number of pyridine rings is 3. The van der Waals surface area contributed by atoms with Gasteiger partial charge in [0.2, 0.25) is 23.4 Å². The van der Waals surface area contributed by atoms with Crippen LogP contribution in [0, 0.1) is 6.92 Å². The topological polar surface area (TPSA) is 237 Å². The van der Waals surface area contributed by atoms with Crippen molar-refractivity contribution in [2.45, 2.75) is 53.6 Å². The molecular weight excluding hydrogens is 1190 g/mol. The van der Waals surface area contributed by atoms with Gasteiger partial charge in [0, 0.05) is 96.7 Å². The van der Waals surface area contributed by atoms with E-state index in [-0.39, 0.29) is 69.6 Å². The number of sulfone groups is 1. The van der Waals surface area contributed by atoms with E-state index < -0.39 is 20.0 Å². The number of aromatic nitrogens is 3. The zero-order chi connectivity index (χ0) is 51.8. The quantitative estimate of drug-likeness (QED) is 0.0965. The maximum absolute atomic E-state index is 12.7. The second kappa shape index (κ2) is 28.3. The molecule has 2 fully saturated rings. The number of ether oxygens (including phenoxy) is 4. The second-order valence-electron chi connectivity index (χ2n) is 16.1. The first-order valence-electron chi connectivity index (χ1n) is 22.0. The van der Waals surface area contributed by atoms with Gasteiger partial charge in [0.25, 0.3) is 5.91 Å². The Bertz CT molecular complexity index is 3010. The van der Waals surface area contributed by atoms with Crippen LogP contribution in [-0.2, 0) is 20.0 Å². The number of piperidine rings is 1. The van der Waals surface area contributed by atoms with E-state index in [0.29, 0.717) is 46.7 Å². The molecule has 1 N–H and O–H groups in total. The van der Waals surface area contributed by atoms with E-state index in [1.54, 1.807) is 18.3 Å². The Kier molecular flexibility index (Phi) is 23.0. The van der Waals surface area contributed by atoms with E-state index in [1.165, 1.54) is 54.9 Å². The van der Waals surface area contributed by atoms with Crippen LogP contribution in [0.5, 0.6) is 23.0 Å². The van der Waals surface area contributed by atoms with E-state index in [9.17, 15) is 35.8 Å². The zero-order valence-corrected chi connectivity index (χ0v) is 48.1. The third-order valence-corrected chi connectivity index (χ3v) is 15.0. The minimum atomic E-state index is -4.41. The second-order valence-corrected chi connectivity index (χ2v) is 21.9. The van der Waals surface area contributed by atoms with Crippen molar-refractivity contribution in [3.05, 3.63) is 152 Å². The monoisotopic (exact) mass is 1240 g/mol. The van der Waals surface area contributed by atoms with Crippen LogP contribution in [0.15, 0.2) is 144 Å². The van der Waals surface area contributed by atoms with E-state index in [4.69, 9.17) is 18.9 Å². The fraction of sp³-hybridized carbons (Fsp3) is 0.265. The van der Waals surface area contributed by atoms with Crippen LogP contribution >= 0.6 is 47.8 Å². The number of piperazine rings is 1. The summed E-state index contributed by atoms with van der Waals surface area (Å²) >= 11 is 9.62. The van der Waals surface area contributed by atoms with Crippen molar-refractivity contribution in [1.82, 2.24) is 30.1 Å². The van der Waals surface area contributed by atoms with Gasteiger partial charge in [0.05, 0.1) is 9.79 Å². The average molecular weight is 1240 g/mol. The summed E-state index contributed by atoms with van der Waals surface area (Å²) in [5.74, 6) is 1.83. The predicted octanol–water partition coefficient (Wildman–Crippen LogP) is 4.94. The number of hydrogen-bond acceptors (Lipinski definition) is 17. The number of carbonyl (C=O) groups excluding carboxylic acids is 3. The van der Waals surface area contributed by atoms with Crippen molar-refractivity contribution in [3.63, 3.8) is 0 Å². The fourth-order valence-electron chi connectivity index (χ4n) is 7.34. The molecule has 0 saturated carbocycles. The molecule has 0 spiro atoms. The minimum Gasteiger partial charge on any atom is -0.744 e. The van der Waals surface area contributed by atoms with Gasteiger partial charge in [-0.15, -0.1) is 0 Å². The molecule has 0 aliphatic carbocycles. The van der Waals surface area contributed by atoms with E-state index in [1.807, 2.05) is 48.2 Å². The number of nitrogens with one attached hydrogen (secondary N) is 1. The van der Waals surface area contributed by atoms with Crippen LogP contribution in [-0.4, -0.2) is 123 Å². The molecule has 4 aliphatic heterocycles. The number of aryl methyl sites for hydroxylation is 1. The van der Waals surface area contributed by atoms with Crippen LogP contribution < -0.4 is 53.8 Å². The predicted molar refractivity (Wildman–Crippen MR) is 274 cm³/mol. The Labute approximate surface area is 470 Å². The van der Waals surface area contributed by atoms with Gasteiger partial charge in [0.15, 0.2) is 40.6 Å². The molecule has 6 aromatic rings. The van der Waals surface area contributed by atoms with E-state index >= 15 is 0 Å². The van der Waals surface area contributed by atoms with Crippen molar-refractivity contribution >= 4 is 86.2 Å². The summed E-state index contributed by atoms with van der Waals surface area (Å²) in [6.45, 7) is 9.53. The van der Waals surface area contributed by atoms with Gasteiger partial charge in [-0.3, -0.25) is 19.3 Å². The molecule has 0 unspecified atom stereocenters. The van der Waals surface area contributed by atoms with Gasteiger partial charge in [-0.05, 0) is 147 Å². The molecule has 380 valence electrons. The van der Waals surface area contributed by atoms with Crippen molar-refractivity contribution < 1.29 is 84.3 Å². The first kappa shape index (κ1) is 59.2. The number of benzene rings is 3. The molecular formula is C49H48Br3N6NaO12S2. The third-order valence-electron chi connectivity index (χ3n) is 11.1. The van der Waals surface area contributed by atoms with Gasteiger partial charge < -0.3 is 33.7 Å². The summed E-state index contributed by atoms with van der Waals surface area (Å²) < 4.78 is 79.3. The number of carbonyl (C=O) groups is 3. The summed E-state index contributed by atoms with van der Waals surface area (Å²) in [6.07, 6.45) is 8.03. The molecule has 18 nitrogen and oxygen atoms in total. The molecule has 7 heterocycles. The number of rotatable bonds is 7. The van der Waals surface area contributed by atoms with Crippen molar-refractivity contribution in [1.29, 1.82) is 0 Å². The van der Waals surface area contributed by atoms with Gasteiger partial charge in [-0.2, -0.15) is 0 Å². The summed E-state index contributed by atoms with van der Waals surface area (Å²) in [4.78, 5) is 49.2. The Morgan fingerprint density at radius 3 is 1.75 bits per heavy atom. The van der Waals surface area contributed by atoms with Crippen LogP contribution in [0.2, 0.25) is 0 Å². The first-order valence-corrected chi connectivity index (χ1v) is 27.3. The molecule has 1 amide bonds. The molecule has 0 bridgehead atoms. The maximum Gasteiger partial charge on any atom is 1.00 e. The normalized spacial score (nSPS) is 15.7. The van der Waals surface area contributed by atoms with E-state index in [2.05, 4.69) is 79.9 Å². The largest absolute Gasteiger partial charge is 1.00 e. The Hall–Kier alpha value is -4.66. The Balaban J connectivity index is 0.000000177. The molecule has 24 heteroatoms. The van der Waals surface area contributed by atoms with Crippen molar-refractivity contribution in [3.8, 4) is 23.0 Å². The fourth-order valence-corrected chi connectivity index (χ4v) is 9.72. The smallest absolute Gasteiger partial charge is 0.744 e. The molecule has 10 rings (SSSR count). The van der Waals surface area contributed by atoms with Gasteiger partial charge in [-0.1, -0.05) is 18.2 Å². The van der Waals surface area contributed by atoms with E-state index in [0.717, 1.165) is 82.7 Å². The number of halogens is 3. The Morgan fingerprint density at radius 2 is 1.25 bits per heavy atom. The number of hydrogen-bond donors (Lipinski definition) is 1. The number of fused-ring (bicyclic) bond motifs is 2. The average Bonchev–Trinajstić information content (AvgIpc) is 4.08. The van der Waals surface area contributed by atoms with Crippen LogP contribution in [0.4, 0.5) is 0 Å². The summed E-state index contributed by atoms with van der Waals surface area (Å²) in [5.41, 5.74) is 2.84. The first-order chi connectivity index (χ1) is 34.4. The molecule has 0 radical (unpaired) electrons. The zero-order valence-electron chi connectivity index (χ0n) is 39.7. The number of amides is 1. The van der Waals surface area contributed by atoms with Crippen LogP contribution in [0.1, 0.15) is 56.4 Å². The molecule has 4 aliphatic rings. The summed E-state index contributed by atoms with van der Waals surface area (Å²) in [6, 6.07) is 27.2. The molecule has 3 aromatic heterocycles. The number of nitrogens with zero attached hydrogens (tertiary/aromatic N) is 5. The minimum absolute atomic E-state index is 0. The van der Waals surface area contributed by atoms with Crippen molar-refractivity contribution in [2.24, 2.45) is 0 Å². The SMILES string of the molecule is Brc1ccc(Br)nc1.Cc1ccccc1C(=O)N1CCC(N2CCN[C@H](C)C2)CC1.O=Cc1ccc(Br)nc1.O=Cc1ccc(S(=O)(=O)c2ccc3c(c2)OCO3)nc1.O=S(=O)([O-])c1ccc2c(c1)OCO2.[Na+]. The summed E-state index contributed by atoms with van der Waals surface area (Å²) in [7, 11) is -8.16.